The summed E-state index contributed by atoms with van der Waals surface area (Å²) in [4.78, 5) is 29.3. The molecule has 1 amide bonds. The van der Waals surface area contributed by atoms with E-state index in [0.29, 0.717) is 23.9 Å². The Bertz CT molecular complexity index is 914. The number of hydrogen-bond acceptors (Lipinski definition) is 5. The molecular weight excluding hydrogens is 304 g/mol. The van der Waals surface area contributed by atoms with Gasteiger partial charge in [-0.15, -0.1) is 0 Å². The smallest absolute Gasteiger partial charge is 0.308 e. The highest BCUT2D eigenvalue weighted by Crippen LogP contribution is 2.31. The molecular formula is C14H10N4O3S. The number of fused-ring (bicyclic) bond motifs is 3. The molecule has 7 nitrogen and oxygen atoms in total. The second kappa shape index (κ2) is 4.63. The molecule has 3 aromatic rings. The Labute approximate surface area is 128 Å². The number of aromatic nitrogens is 2. The number of rotatable bonds is 2. The Balaban J connectivity index is 1.73. The van der Waals surface area contributed by atoms with Crippen molar-refractivity contribution in [3.05, 3.63) is 51.4 Å². The Morgan fingerprint density at radius 2 is 2.05 bits per heavy atom. The van der Waals surface area contributed by atoms with Crippen LogP contribution < -0.4 is 4.90 Å². The summed E-state index contributed by atoms with van der Waals surface area (Å²) < 4.78 is 2.00. The number of carbonyl (C=O) groups excluding carboxylic acids is 1. The van der Waals surface area contributed by atoms with E-state index in [4.69, 9.17) is 0 Å². The van der Waals surface area contributed by atoms with Crippen molar-refractivity contribution >= 4 is 39.2 Å². The van der Waals surface area contributed by atoms with Crippen molar-refractivity contribution in [1.29, 1.82) is 0 Å². The van der Waals surface area contributed by atoms with Crippen LogP contribution in [0.3, 0.4) is 0 Å². The predicted molar refractivity (Wildman–Crippen MR) is 82.4 cm³/mol. The first-order chi connectivity index (χ1) is 10.6. The van der Waals surface area contributed by atoms with Crippen LogP contribution in [0.1, 0.15) is 9.67 Å². The number of nitro groups is 1. The lowest BCUT2D eigenvalue weighted by Gasteiger charge is -2.11. The van der Waals surface area contributed by atoms with Crippen molar-refractivity contribution < 1.29 is 9.72 Å². The zero-order valence-electron chi connectivity index (χ0n) is 11.3. The molecule has 0 bridgehead atoms. The molecule has 0 aliphatic carbocycles. The van der Waals surface area contributed by atoms with Gasteiger partial charge in [0, 0.05) is 19.2 Å². The predicted octanol–water partition coefficient (Wildman–Crippen LogP) is 2.67. The molecule has 0 saturated carbocycles. The Morgan fingerprint density at radius 1 is 1.23 bits per heavy atom. The van der Waals surface area contributed by atoms with Crippen LogP contribution in [0.2, 0.25) is 0 Å². The largest absolute Gasteiger partial charge is 0.324 e. The van der Waals surface area contributed by atoms with Crippen molar-refractivity contribution in [1.82, 2.24) is 9.55 Å². The minimum Gasteiger partial charge on any atom is -0.308 e. The molecule has 0 fully saturated rings. The summed E-state index contributed by atoms with van der Waals surface area (Å²) in [6.07, 6.45) is 0. The molecule has 1 aliphatic rings. The number of para-hydroxylation sites is 2. The van der Waals surface area contributed by atoms with E-state index < -0.39 is 4.92 Å². The lowest BCUT2D eigenvalue weighted by molar-refractivity contribution is -0.380. The molecule has 0 unspecified atom stereocenters. The lowest BCUT2D eigenvalue weighted by Crippen LogP contribution is -2.28. The van der Waals surface area contributed by atoms with E-state index >= 15 is 0 Å². The monoisotopic (exact) mass is 314 g/mol. The van der Waals surface area contributed by atoms with E-state index in [0.717, 1.165) is 22.4 Å². The minimum atomic E-state index is -0.485. The normalized spacial score (nSPS) is 13.5. The third-order valence-corrected chi connectivity index (χ3v) is 4.68. The van der Waals surface area contributed by atoms with Crippen LogP contribution in [0, 0.1) is 10.1 Å². The second-order valence-corrected chi connectivity index (χ2v) is 5.97. The molecule has 22 heavy (non-hydrogen) atoms. The second-order valence-electron chi connectivity index (χ2n) is 4.90. The van der Waals surface area contributed by atoms with Gasteiger partial charge in [-0.25, -0.2) is 4.98 Å². The molecule has 0 atom stereocenters. The number of benzene rings is 1. The van der Waals surface area contributed by atoms with Gasteiger partial charge in [0.15, 0.2) is 0 Å². The maximum Gasteiger partial charge on any atom is 0.324 e. The summed E-state index contributed by atoms with van der Waals surface area (Å²) >= 11 is 0.890. The van der Waals surface area contributed by atoms with Crippen LogP contribution in [0.15, 0.2) is 36.4 Å². The Hall–Kier alpha value is -2.74. The molecule has 0 saturated heterocycles. The van der Waals surface area contributed by atoms with Crippen LogP contribution in [-0.4, -0.2) is 26.9 Å². The standard InChI is InChI=1S/C14H10N4O3S/c19-13(11-5-6-12(22-11)18(20)21)17-8-7-16-10-4-2-1-3-9(10)15-14(16)17/h1-6H,7-8H2. The molecule has 8 heteroatoms. The Kier molecular flexibility index (Phi) is 2.73. The zero-order valence-corrected chi connectivity index (χ0v) is 12.1. The third-order valence-electron chi connectivity index (χ3n) is 3.65. The maximum absolute atomic E-state index is 12.6. The van der Waals surface area contributed by atoms with Crippen LogP contribution in [0.25, 0.3) is 11.0 Å². The molecule has 2 aromatic heterocycles. The number of hydrogen-bond donors (Lipinski definition) is 0. The van der Waals surface area contributed by atoms with E-state index in [9.17, 15) is 14.9 Å². The average Bonchev–Trinajstić information content (AvgIpc) is 3.21. The first-order valence-electron chi connectivity index (χ1n) is 6.66. The molecule has 1 aromatic carbocycles. The number of carbonyl (C=O) groups is 1. The van der Waals surface area contributed by atoms with Crippen molar-refractivity contribution in [3.8, 4) is 0 Å². The van der Waals surface area contributed by atoms with Crippen LogP contribution >= 0.6 is 11.3 Å². The highest BCUT2D eigenvalue weighted by molar-refractivity contribution is 7.17. The summed E-state index contributed by atoms with van der Waals surface area (Å²) in [7, 11) is 0. The van der Waals surface area contributed by atoms with Crippen molar-refractivity contribution in [3.63, 3.8) is 0 Å². The summed E-state index contributed by atoms with van der Waals surface area (Å²) in [5.41, 5.74) is 1.83. The van der Waals surface area contributed by atoms with E-state index in [1.54, 1.807) is 4.90 Å². The fourth-order valence-electron chi connectivity index (χ4n) is 2.66. The van der Waals surface area contributed by atoms with E-state index in [-0.39, 0.29) is 10.9 Å². The number of anilines is 1. The molecule has 4 rings (SSSR count). The van der Waals surface area contributed by atoms with Gasteiger partial charge in [0.05, 0.1) is 20.8 Å². The minimum absolute atomic E-state index is 0.0314. The molecule has 110 valence electrons. The Morgan fingerprint density at radius 3 is 2.82 bits per heavy atom. The molecule has 0 radical (unpaired) electrons. The van der Waals surface area contributed by atoms with Gasteiger partial charge in [-0.2, -0.15) is 0 Å². The first-order valence-corrected chi connectivity index (χ1v) is 7.48. The molecule has 3 heterocycles. The SMILES string of the molecule is O=C(c1ccc([N+](=O)[O-])s1)N1CCn2c1nc1ccccc12. The summed E-state index contributed by atoms with van der Waals surface area (Å²) in [6.45, 7) is 1.20. The zero-order chi connectivity index (χ0) is 15.3. The molecule has 1 aliphatic heterocycles. The fourth-order valence-corrected chi connectivity index (χ4v) is 3.42. The van der Waals surface area contributed by atoms with Crippen molar-refractivity contribution in [2.24, 2.45) is 0 Å². The highest BCUT2D eigenvalue weighted by Gasteiger charge is 2.30. The number of nitrogens with zero attached hydrogens (tertiary/aromatic N) is 4. The van der Waals surface area contributed by atoms with Crippen LogP contribution in [0.5, 0.6) is 0 Å². The topological polar surface area (TPSA) is 81.3 Å². The van der Waals surface area contributed by atoms with E-state index in [1.807, 2.05) is 28.8 Å². The van der Waals surface area contributed by atoms with Crippen LogP contribution in [0.4, 0.5) is 10.9 Å². The van der Waals surface area contributed by atoms with Crippen molar-refractivity contribution in [2.75, 3.05) is 11.4 Å². The van der Waals surface area contributed by atoms with Crippen LogP contribution in [-0.2, 0) is 6.54 Å². The number of thiophene rings is 1. The summed E-state index contributed by atoms with van der Waals surface area (Å²) in [5, 5.41) is 10.7. The van der Waals surface area contributed by atoms with Crippen molar-refractivity contribution in [2.45, 2.75) is 6.54 Å². The summed E-state index contributed by atoms with van der Waals surface area (Å²) in [6, 6.07) is 10.6. The quantitative estimate of drug-likeness (QED) is 0.538. The average molecular weight is 314 g/mol. The fraction of sp³-hybridized carbons (Fsp3) is 0.143. The van der Waals surface area contributed by atoms with Gasteiger partial charge < -0.3 is 4.57 Å². The highest BCUT2D eigenvalue weighted by atomic mass is 32.1. The van der Waals surface area contributed by atoms with Gasteiger partial charge in [0.1, 0.15) is 0 Å². The number of imidazole rings is 1. The number of amides is 1. The molecule has 0 spiro atoms. The van der Waals surface area contributed by atoms with Gasteiger partial charge in [0.25, 0.3) is 5.91 Å². The van der Waals surface area contributed by atoms with Gasteiger partial charge in [0.2, 0.25) is 5.95 Å². The van der Waals surface area contributed by atoms with Gasteiger partial charge >= 0.3 is 5.00 Å². The van der Waals surface area contributed by atoms with Gasteiger partial charge in [-0.3, -0.25) is 19.8 Å². The van der Waals surface area contributed by atoms with Gasteiger partial charge in [-0.1, -0.05) is 23.5 Å². The van der Waals surface area contributed by atoms with E-state index in [2.05, 4.69) is 4.98 Å². The summed E-state index contributed by atoms with van der Waals surface area (Å²) in [5.74, 6) is 0.356. The maximum atomic E-state index is 12.6. The van der Waals surface area contributed by atoms with E-state index in [1.165, 1.54) is 12.1 Å². The first kappa shape index (κ1) is 13.0. The molecule has 0 N–H and O–H groups in total. The third kappa shape index (κ3) is 1.81. The lowest BCUT2D eigenvalue weighted by atomic mass is 10.3. The van der Waals surface area contributed by atoms with Gasteiger partial charge in [-0.05, 0) is 18.2 Å².